The lowest BCUT2D eigenvalue weighted by Crippen LogP contribution is -2.35. The van der Waals surface area contributed by atoms with Crippen LogP contribution < -0.4 is 16.6 Å². The van der Waals surface area contributed by atoms with Gasteiger partial charge in [0.2, 0.25) is 5.91 Å². The van der Waals surface area contributed by atoms with Gasteiger partial charge in [-0.3, -0.25) is 19.9 Å². The Kier molecular flexibility index (Phi) is 5.94. The average molecular weight is 284 g/mol. The van der Waals surface area contributed by atoms with E-state index in [2.05, 4.69) is 10.7 Å². The maximum absolute atomic E-state index is 11.5. The van der Waals surface area contributed by atoms with Gasteiger partial charge in [-0.25, -0.2) is 5.84 Å². The van der Waals surface area contributed by atoms with Crippen molar-refractivity contribution in [2.75, 3.05) is 20.1 Å². The minimum absolute atomic E-state index is 0.0188. The van der Waals surface area contributed by atoms with E-state index in [4.69, 9.17) is 5.84 Å². The molecule has 6 nitrogen and oxygen atoms in total. The number of aryl methyl sites for hydroxylation is 1. The smallest absolute Gasteiger partial charge is 0.275 e. The van der Waals surface area contributed by atoms with Crippen LogP contribution in [0.1, 0.15) is 27.0 Å². The molecular formula is C12H20N4O2S. The van der Waals surface area contributed by atoms with Crippen LogP contribution in [0.25, 0.3) is 0 Å². The highest BCUT2D eigenvalue weighted by molar-refractivity contribution is 7.14. The topological polar surface area (TPSA) is 87.5 Å². The normalized spacial score (nSPS) is 10.6. The number of carbonyl (C=O) groups is 2. The Bertz CT molecular complexity index is 459. The Balaban J connectivity index is 2.77. The number of thiophene rings is 1. The third-order valence-electron chi connectivity index (χ3n) is 2.86. The number of likely N-dealkylation sites (N-methyl/N-ethyl adjacent to an activating group) is 2. The lowest BCUT2D eigenvalue weighted by molar-refractivity contribution is -0.121. The Morgan fingerprint density at radius 1 is 1.47 bits per heavy atom. The number of carbonyl (C=O) groups excluding carboxylic acids is 2. The number of nitrogen functional groups attached to an aromatic ring is 1. The summed E-state index contributed by atoms with van der Waals surface area (Å²) in [6.45, 7) is 5.71. The van der Waals surface area contributed by atoms with Gasteiger partial charge in [0.1, 0.15) is 0 Å². The second-order valence-electron chi connectivity index (χ2n) is 4.14. The third kappa shape index (κ3) is 4.30. The van der Waals surface area contributed by atoms with E-state index in [-0.39, 0.29) is 11.8 Å². The van der Waals surface area contributed by atoms with Gasteiger partial charge in [0, 0.05) is 18.5 Å². The van der Waals surface area contributed by atoms with E-state index in [0.29, 0.717) is 18.0 Å². The van der Waals surface area contributed by atoms with Crippen molar-refractivity contribution in [1.82, 2.24) is 15.6 Å². The fourth-order valence-corrected chi connectivity index (χ4v) is 2.60. The summed E-state index contributed by atoms with van der Waals surface area (Å²) in [5.74, 6) is 4.82. The number of hydrazine groups is 1. The molecule has 0 unspecified atom stereocenters. The van der Waals surface area contributed by atoms with Gasteiger partial charge >= 0.3 is 0 Å². The molecule has 0 aromatic carbocycles. The fourth-order valence-electron chi connectivity index (χ4n) is 1.66. The zero-order valence-electron chi connectivity index (χ0n) is 11.4. The van der Waals surface area contributed by atoms with E-state index in [0.717, 1.165) is 17.0 Å². The SMILES string of the molecule is CCN(CC(=O)NC)Cc1cc(C(=O)NN)sc1C. The predicted octanol–water partition coefficient (Wildman–Crippen LogP) is 0.228. The molecule has 1 aromatic heterocycles. The molecule has 1 aromatic rings. The highest BCUT2D eigenvalue weighted by Crippen LogP contribution is 2.22. The molecule has 0 atom stereocenters. The number of hydrogen-bond acceptors (Lipinski definition) is 5. The zero-order valence-corrected chi connectivity index (χ0v) is 12.3. The van der Waals surface area contributed by atoms with Crippen molar-refractivity contribution >= 4 is 23.2 Å². The van der Waals surface area contributed by atoms with Crippen LogP contribution in [0, 0.1) is 6.92 Å². The van der Waals surface area contributed by atoms with Gasteiger partial charge < -0.3 is 5.32 Å². The van der Waals surface area contributed by atoms with Crippen LogP contribution in [-0.4, -0.2) is 36.9 Å². The van der Waals surface area contributed by atoms with Crippen molar-refractivity contribution in [1.29, 1.82) is 0 Å². The van der Waals surface area contributed by atoms with Gasteiger partial charge in [0.25, 0.3) is 5.91 Å². The number of nitrogens with zero attached hydrogens (tertiary/aromatic N) is 1. The lowest BCUT2D eigenvalue weighted by Gasteiger charge is -2.19. The molecule has 0 aliphatic rings. The van der Waals surface area contributed by atoms with E-state index < -0.39 is 0 Å². The van der Waals surface area contributed by atoms with Crippen molar-refractivity contribution in [3.63, 3.8) is 0 Å². The van der Waals surface area contributed by atoms with E-state index in [1.807, 2.05) is 24.8 Å². The Morgan fingerprint density at radius 2 is 2.16 bits per heavy atom. The molecule has 0 fully saturated rings. The first-order valence-corrected chi connectivity index (χ1v) is 6.86. The van der Waals surface area contributed by atoms with Crippen molar-refractivity contribution in [2.45, 2.75) is 20.4 Å². The molecule has 0 spiro atoms. The highest BCUT2D eigenvalue weighted by Gasteiger charge is 2.14. The minimum atomic E-state index is -0.284. The summed E-state index contributed by atoms with van der Waals surface area (Å²) in [6.07, 6.45) is 0. The number of hydrogen-bond donors (Lipinski definition) is 3. The predicted molar refractivity (Wildman–Crippen MR) is 75.7 cm³/mol. The van der Waals surface area contributed by atoms with Crippen LogP contribution in [0.3, 0.4) is 0 Å². The molecule has 0 aliphatic carbocycles. The monoisotopic (exact) mass is 284 g/mol. The molecule has 19 heavy (non-hydrogen) atoms. The molecular weight excluding hydrogens is 264 g/mol. The first-order valence-electron chi connectivity index (χ1n) is 6.05. The van der Waals surface area contributed by atoms with Gasteiger partial charge in [-0.05, 0) is 25.1 Å². The summed E-state index contributed by atoms with van der Waals surface area (Å²) in [5.41, 5.74) is 3.17. The van der Waals surface area contributed by atoms with Gasteiger partial charge in [-0.1, -0.05) is 6.92 Å². The van der Waals surface area contributed by atoms with Crippen molar-refractivity contribution in [3.8, 4) is 0 Å². The van der Waals surface area contributed by atoms with Crippen LogP contribution >= 0.6 is 11.3 Å². The maximum Gasteiger partial charge on any atom is 0.275 e. The number of nitrogens with one attached hydrogen (secondary N) is 2. The number of rotatable bonds is 6. The molecule has 0 aliphatic heterocycles. The Morgan fingerprint density at radius 3 is 2.68 bits per heavy atom. The number of nitrogens with two attached hydrogens (primary N) is 1. The number of amides is 2. The van der Waals surface area contributed by atoms with Gasteiger partial charge in [0.05, 0.1) is 11.4 Å². The van der Waals surface area contributed by atoms with Gasteiger partial charge in [-0.2, -0.15) is 0 Å². The van der Waals surface area contributed by atoms with Gasteiger partial charge in [-0.15, -0.1) is 11.3 Å². The van der Waals surface area contributed by atoms with Crippen LogP contribution in [0.2, 0.25) is 0 Å². The summed E-state index contributed by atoms with van der Waals surface area (Å²) in [4.78, 5) is 26.5. The van der Waals surface area contributed by atoms with Crippen LogP contribution in [0.15, 0.2) is 6.07 Å². The van der Waals surface area contributed by atoms with Crippen LogP contribution in [0.5, 0.6) is 0 Å². The lowest BCUT2D eigenvalue weighted by atomic mass is 10.2. The molecule has 0 saturated heterocycles. The quantitative estimate of drug-likeness (QED) is 0.396. The summed E-state index contributed by atoms with van der Waals surface area (Å²) >= 11 is 1.40. The molecule has 106 valence electrons. The maximum atomic E-state index is 11.5. The summed E-state index contributed by atoms with van der Waals surface area (Å²) in [5, 5.41) is 2.60. The molecule has 0 radical (unpaired) electrons. The molecule has 2 amide bonds. The largest absolute Gasteiger partial charge is 0.358 e. The highest BCUT2D eigenvalue weighted by atomic mass is 32.1. The summed E-state index contributed by atoms with van der Waals surface area (Å²) in [7, 11) is 1.62. The molecule has 0 saturated carbocycles. The van der Waals surface area contributed by atoms with Crippen LogP contribution in [-0.2, 0) is 11.3 Å². The van der Waals surface area contributed by atoms with E-state index in [1.54, 1.807) is 7.05 Å². The molecule has 1 rings (SSSR count). The average Bonchev–Trinajstić information content (AvgIpc) is 2.78. The third-order valence-corrected chi connectivity index (χ3v) is 3.95. The van der Waals surface area contributed by atoms with E-state index in [9.17, 15) is 9.59 Å². The van der Waals surface area contributed by atoms with E-state index in [1.165, 1.54) is 11.3 Å². The fraction of sp³-hybridized carbons (Fsp3) is 0.500. The second-order valence-corrected chi connectivity index (χ2v) is 5.40. The first kappa shape index (κ1) is 15.6. The first-order chi connectivity index (χ1) is 9.01. The minimum Gasteiger partial charge on any atom is -0.358 e. The van der Waals surface area contributed by atoms with Gasteiger partial charge in [0.15, 0.2) is 0 Å². The molecule has 7 heteroatoms. The Labute approximate surface area is 116 Å². The van der Waals surface area contributed by atoms with Crippen LogP contribution in [0.4, 0.5) is 0 Å². The Hall–Kier alpha value is -1.44. The molecule has 0 bridgehead atoms. The van der Waals surface area contributed by atoms with E-state index >= 15 is 0 Å². The van der Waals surface area contributed by atoms with Crippen molar-refractivity contribution < 1.29 is 9.59 Å². The standard InChI is InChI=1S/C12H20N4O2S/c1-4-16(7-11(17)14-3)6-9-5-10(12(18)15-13)19-8(9)2/h5H,4,6-7,13H2,1-3H3,(H,14,17)(H,15,18). The zero-order chi connectivity index (χ0) is 14.4. The second kappa shape index (κ2) is 7.22. The van der Waals surface area contributed by atoms with Crippen molar-refractivity contribution in [2.24, 2.45) is 5.84 Å². The summed E-state index contributed by atoms with van der Waals surface area (Å²) in [6, 6.07) is 1.83. The van der Waals surface area contributed by atoms with Crippen molar-refractivity contribution in [3.05, 3.63) is 21.4 Å². The summed E-state index contributed by atoms with van der Waals surface area (Å²) < 4.78 is 0. The molecule has 1 heterocycles. The molecule has 4 N–H and O–H groups in total.